The highest BCUT2D eigenvalue weighted by atomic mass is 35.5. The Balaban J connectivity index is 3.15. The van der Waals surface area contributed by atoms with Gasteiger partial charge in [0.25, 0.3) is 0 Å². The minimum absolute atomic E-state index is 0.111. The number of methoxy groups -OCH3 is 1. The zero-order valence-corrected chi connectivity index (χ0v) is 9.56. The molecule has 0 aliphatic heterocycles. The number of nitro groups is 1. The fourth-order valence-corrected chi connectivity index (χ4v) is 1.65. The summed E-state index contributed by atoms with van der Waals surface area (Å²) < 4.78 is 4.93. The number of aliphatic hydroxyl groups is 1. The van der Waals surface area contributed by atoms with Crippen LogP contribution in [0.1, 0.15) is 17.2 Å². The molecule has 0 aliphatic rings. The van der Waals surface area contributed by atoms with Crippen LogP contribution in [0, 0.1) is 17.0 Å². The Hall–Kier alpha value is -1.40. The summed E-state index contributed by atoms with van der Waals surface area (Å²) in [6, 6.07) is 1.52. The number of aryl methyl sites for hydroxylation is 1. The van der Waals surface area contributed by atoms with E-state index in [4.69, 9.17) is 16.3 Å². The summed E-state index contributed by atoms with van der Waals surface area (Å²) in [5.74, 6) is 0.111. The molecule has 0 aromatic carbocycles. The lowest BCUT2D eigenvalue weighted by Gasteiger charge is -2.13. The molecule has 1 heterocycles. The van der Waals surface area contributed by atoms with E-state index < -0.39 is 17.6 Å². The van der Waals surface area contributed by atoms with Crippen LogP contribution in [0.5, 0.6) is 5.88 Å². The molecule has 1 N–H and O–H groups in total. The van der Waals surface area contributed by atoms with Gasteiger partial charge in [-0.2, -0.15) is 0 Å². The number of halogens is 1. The van der Waals surface area contributed by atoms with Crippen LogP contribution < -0.4 is 4.74 Å². The zero-order valence-electron chi connectivity index (χ0n) is 8.81. The lowest BCUT2D eigenvalue weighted by molar-refractivity contribution is -0.491. The molecule has 0 fully saturated rings. The van der Waals surface area contributed by atoms with E-state index >= 15 is 0 Å². The van der Waals surface area contributed by atoms with Crippen molar-refractivity contribution in [3.63, 3.8) is 0 Å². The van der Waals surface area contributed by atoms with Gasteiger partial charge in [-0.15, -0.1) is 0 Å². The predicted molar refractivity (Wildman–Crippen MR) is 57.4 cm³/mol. The molecule has 1 unspecified atom stereocenters. The van der Waals surface area contributed by atoms with Crippen molar-refractivity contribution in [2.24, 2.45) is 0 Å². The highest BCUT2D eigenvalue weighted by Crippen LogP contribution is 2.28. The number of ether oxygens (including phenoxy) is 1. The first-order chi connectivity index (χ1) is 7.45. The van der Waals surface area contributed by atoms with Crippen molar-refractivity contribution in [1.82, 2.24) is 4.98 Å². The van der Waals surface area contributed by atoms with Crippen LogP contribution in [-0.4, -0.2) is 28.7 Å². The van der Waals surface area contributed by atoms with Crippen molar-refractivity contribution < 1.29 is 14.8 Å². The average Bonchev–Trinajstić information content (AvgIpc) is 2.14. The second-order valence-corrected chi connectivity index (χ2v) is 3.60. The van der Waals surface area contributed by atoms with E-state index in [1.165, 1.54) is 13.2 Å². The Bertz CT molecular complexity index is 411. The van der Waals surface area contributed by atoms with E-state index in [0.29, 0.717) is 11.1 Å². The summed E-state index contributed by atoms with van der Waals surface area (Å²) in [4.78, 5) is 13.6. The zero-order chi connectivity index (χ0) is 12.3. The molecule has 0 bridgehead atoms. The predicted octanol–water partition coefficient (Wildman–Crippen LogP) is 1.36. The molecule has 0 radical (unpaired) electrons. The van der Waals surface area contributed by atoms with Gasteiger partial charge in [0, 0.05) is 4.92 Å². The minimum Gasteiger partial charge on any atom is -0.481 e. The van der Waals surface area contributed by atoms with E-state index in [1.807, 2.05) is 0 Å². The van der Waals surface area contributed by atoms with Gasteiger partial charge in [-0.3, -0.25) is 10.1 Å². The first-order valence-corrected chi connectivity index (χ1v) is 4.84. The number of hydrogen-bond donors (Lipinski definition) is 1. The first-order valence-electron chi connectivity index (χ1n) is 4.46. The topological polar surface area (TPSA) is 85.5 Å². The van der Waals surface area contributed by atoms with Gasteiger partial charge >= 0.3 is 0 Å². The largest absolute Gasteiger partial charge is 0.481 e. The maximum absolute atomic E-state index is 10.3. The number of aromatic nitrogens is 1. The smallest absolute Gasteiger partial charge is 0.233 e. The minimum atomic E-state index is -1.25. The summed E-state index contributed by atoms with van der Waals surface area (Å²) in [7, 11) is 1.36. The molecule has 7 heteroatoms. The summed E-state index contributed by atoms with van der Waals surface area (Å²) >= 11 is 5.70. The average molecular weight is 247 g/mol. The number of hydrogen-bond acceptors (Lipinski definition) is 5. The fourth-order valence-electron chi connectivity index (χ4n) is 1.41. The lowest BCUT2D eigenvalue weighted by atomic mass is 10.1. The summed E-state index contributed by atoms with van der Waals surface area (Å²) in [6.45, 7) is 1.08. The molecular weight excluding hydrogens is 236 g/mol. The molecule has 0 amide bonds. The first kappa shape index (κ1) is 12.7. The van der Waals surface area contributed by atoms with Crippen LogP contribution >= 0.6 is 11.6 Å². The van der Waals surface area contributed by atoms with Gasteiger partial charge in [0.1, 0.15) is 11.3 Å². The van der Waals surface area contributed by atoms with Gasteiger partial charge in [-0.1, -0.05) is 11.6 Å². The summed E-state index contributed by atoms with van der Waals surface area (Å²) in [6.07, 6.45) is -1.25. The molecule has 0 aliphatic carbocycles. The quantitative estimate of drug-likeness (QED) is 0.493. The molecule has 0 saturated heterocycles. The molecule has 0 saturated carbocycles. The number of rotatable bonds is 4. The van der Waals surface area contributed by atoms with Crippen molar-refractivity contribution in [3.8, 4) is 5.88 Å². The Morgan fingerprint density at radius 2 is 2.38 bits per heavy atom. The van der Waals surface area contributed by atoms with Crippen molar-refractivity contribution >= 4 is 11.6 Å². The van der Waals surface area contributed by atoms with Crippen LogP contribution in [-0.2, 0) is 0 Å². The maximum Gasteiger partial charge on any atom is 0.233 e. The molecule has 16 heavy (non-hydrogen) atoms. The van der Waals surface area contributed by atoms with E-state index in [2.05, 4.69) is 4.98 Å². The molecule has 1 atom stereocenters. The lowest BCUT2D eigenvalue weighted by Crippen LogP contribution is -2.14. The third-order valence-electron chi connectivity index (χ3n) is 2.05. The van der Waals surface area contributed by atoms with Crippen LogP contribution in [0.2, 0.25) is 5.15 Å². The van der Waals surface area contributed by atoms with Crippen molar-refractivity contribution in [2.75, 3.05) is 13.7 Å². The maximum atomic E-state index is 10.3. The standard InChI is InChI=1S/C9H11ClN2O4/c1-5-3-7(10)11-9(16-2)8(5)6(13)4-12(14)15/h3,6,13H,4H2,1-2H3. The SMILES string of the molecule is COc1nc(Cl)cc(C)c1C(O)C[N+](=O)[O-]. The molecule has 1 aromatic rings. The van der Waals surface area contributed by atoms with Gasteiger partial charge in [-0.05, 0) is 18.6 Å². The van der Waals surface area contributed by atoms with Gasteiger partial charge in [0.2, 0.25) is 12.4 Å². The van der Waals surface area contributed by atoms with Crippen molar-refractivity contribution in [1.29, 1.82) is 0 Å². The monoisotopic (exact) mass is 246 g/mol. The highest BCUT2D eigenvalue weighted by Gasteiger charge is 2.22. The second kappa shape index (κ2) is 5.09. The van der Waals surface area contributed by atoms with Crippen LogP contribution in [0.4, 0.5) is 0 Å². The normalized spacial score (nSPS) is 12.2. The van der Waals surface area contributed by atoms with Crippen LogP contribution in [0.25, 0.3) is 0 Å². The molecular formula is C9H11ClN2O4. The molecule has 1 rings (SSSR count). The van der Waals surface area contributed by atoms with E-state index in [0.717, 1.165) is 0 Å². The van der Waals surface area contributed by atoms with Crippen LogP contribution in [0.15, 0.2) is 6.07 Å². The van der Waals surface area contributed by atoms with Crippen LogP contribution in [0.3, 0.4) is 0 Å². The number of pyridine rings is 1. The Kier molecular flexibility index (Phi) is 4.03. The fraction of sp³-hybridized carbons (Fsp3) is 0.444. The third kappa shape index (κ3) is 2.80. The van der Waals surface area contributed by atoms with Gasteiger partial charge in [-0.25, -0.2) is 4.98 Å². The van der Waals surface area contributed by atoms with E-state index in [-0.39, 0.29) is 11.0 Å². The highest BCUT2D eigenvalue weighted by molar-refractivity contribution is 6.29. The summed E-state index contributed by atoms with van der Waals surface area (Å²) in [5.41, 5.74) is 0.898. The molecule has 6 nitrogen and oxygen atoms in total. The molecule has 1 aromatic heterocycles. The Morgan fingerprint density at radius 1 is 1.75 bits per heavy atom. The molecule has 0 spiro atoms. The van der Waals surface area contributed by atoms with E-state index in [1.54, 1.807) is 6.92 Å². The van der Waals surface area contributed by atoms with Crippen molar-refractivity contribution in [3.05, 3.63) is 32.5 Å². The molecule has 88 valence electrons. The number of aliphatic hydroxyl groups excluding tert-OH is 1. The van der Waals surface area contributed by atoms with Crippen molar-refractivity contribution in [2.45, 2.75) is 13.0 Å². The summed E-state index contributed by atoms with van der Waals surface area (Å²) in [5, 5.41) is 20.2. The Labute approximate surface area is 97.0 Å². The second-order valence-electron chi connectivity index (χ2n) is 3.22. The Morgan fingerprint density at radius 3 is 2.88 bits per heavy atom. The third-order valence-corrected chi connectivity index (χ3v) is 2.24. The van der Waals surface area contributed by atoms with Gasteiger partial charge in [0.05, 0.1) is 12.7 Å². The van der Waals surface area contributed by atoms with Gasteiger partial charge < -0.3 is 9.84 Å². The van der Waals surface area contributed by atoms with Gasteiger partial charge in [0.15, 0.2) is 0 Å². The number of nitrogens with zero attached hydrogens (tertiary/aromatic N) is 2. The van der Waals surface area contributed by atoms with E-state index in [9.17, 15) is 15.2 Å².